The Morgan fingerprint density at radius 3 is 2.05 bits per heavy atom. The topological polar surface area (TPSA) is 23.5 Å². The van der Waals surface area contributed by atoms with Crippen molar-refractivity contribution in [2.24, 2.45) is 23.2 Å². The predicted molar refractivity (Wildman–Crippen MR) is 79.0 cm³/mol. The zero-order valence-electron chi connectivity index (χ0n) is 12.8. The highest BCUT2D eigenvalue weighted by molar-refractivity contribution is 5.01. The molecule has 4 rings (SSSR count). The molecule has 4 fully saturated rings. The summed E-state index contributed by atoms with van der Waals surface area (Å²) >= 11 is 0. The van der Waals surface area contributed by atoms with Gasteiger partial charge in [0.25, 0.3) is 0 Å². The van der Waals surface area contributed by atoms with Crippen LogP contribution in [0.5, 0.6) is 0 Å². The Labute approximate surface area is 118 Å². The number of hydrogen-bond donors (Lipinski definition) is 1. The zero-order valence-corrected chi connectivity index (χ0v) is 12.8. The van der Waals surface area contributed by atoms with Crippen molar-refractivity contribution in [3.8, 4) is 0 Å². The van der Waals surface area contributed by atoms with Crippen molar-refractivity contribution in [3.05, 3.63) is 0 Å². The van der Waals surface area contributed by atoms with E-state index in [1.165, 1.54) is 32.2 Å². The number of nitrogens with zero attached hydrogens (tertiary/aromatic N) is 1. The highest BCUT2D eigenvalue weighted by Crippen LogP contribution is 2.61. The third kappa shape index (κ3) is 3.16. The van der Waals surface area contributed by atoms with E-state index in [9.17, 15) is 5.11 Å². The van der Waals surface area contributed by atoms with Crippen molar-refractivity contribution in [2.75, 3.05) is 20.1 Å². The van der Waals surface area contributed by atoms with Crippen LogP contribution in [0.25, 0.3) is 0 Å². The maximum Gasteiger partial charge on any atom is 0.0524 e. The molecule has 4 bridgehead atoms. The summed E-state index contributed by atoms with van der Waals surface area (Å²) in [7, 11) is 2.23. The molecular formula is C17H31NO. The molecule has 0 aromatic heterocycles. The molecule has 0 saturated heterocycles. The summed E-state index contributed by atoms with van der Waals surface area (Å²) < 4.78 is 0. The van der Waals surface area contributed by atoms with E-state index in [0.29, 0.717) is 5.41 Å². The summed E-state index contributed by atoms with van der Waals surface area (Å²) in [6.07, 6.45) is 11.4. The van der Waals surface area contributed by atoms with Gasteiger partial charge in [0.15, 0.2) is 0 Å². The fourth-order valence-electron chi connectivity index (χ4n) is 5.54. The Bertz CT molecular complexity index is 277. The average Bonchev–Trinajstić information content (AvgIpc) is 2.32. The first-order valence-corrected chi connectivity index (χ1v) is 8.41. The lowest BCUT2D eigenvalue weighted by molar-refractivity contribution is -0.0604. The third-order valence-electron chi connectivity index (χ3n) is 6.12. The van der Waals surface area contributed by atoms with Gasteiger partial charge in [0.05, 0.1) is 6.10 Å². The molecule has 4 saturated carbocycles. The van der Waals surface area contributed by atoms with Gasteiger partial charge in [-0.15, -0.1) is 0 Å². The number of aliphatic hydroxyl groups excluding tert-OH is 1. The van der Waals surface area contributed by atoms with Crippen molar-refractivity contribution in [2.45, 2.75) is 64.4 Å². The highest BCUT2D eigenvalue weighted by Gasteiger charge is 2.50. The summed E-state index contributed by atoms with van der Waals surface area (Å²) in [5, 5.41) is 9.37. The lowest BCUT2D eigenvalue weighted by atomic mass is 9.49. The first-order chi connectivity index (χ1) is 9.05. The Morgan fingerprint density at radius 2 is 1.58 bits per heavy atom. The van der Waals surface area contributed by atoms with Crippen LogP contribution in [-0.4, -0.2) is 36.2 Å². The molecule has 1 unspecified atom stereocenters. The Kier molecular flexibility index (Phi) is 3.92. The summed E-state index contributed by atoms with van der Waals surface area (Å²) in [6.45, 7) is 4.18. The van der Waals surface area contributed by atoms with Gasteiger partial charge in [0, 0.05) is 6.54 Å². The lowest BCUT2D eigenvalue weighted by Crippen LogP contribution is -2.47. The van der Waals surface area contributed by atoms with Crippen LogP contribution < -0.4 is 0 Å². The lowest BCUT2D eigenvalue weighted by Gasteiger charge is -2.57. The van der Waals surface area contributed by atoms with Gasteiger partial charge < -0.3 is 10.0 Å². The van der Waals surface area contributed by atoms with Crippen LogP contribution in [0.1, 0.15) is 58.3 Å². The average molecular weight is 265 g/mol. The molecule has 1 atom stereocenters. The van der Waals surface area contributed by atoms with Gasteiger partial charge in [-0.2, -0.15) is 0 Å². The van der Waals surface area contributed by atoms with Crippen molar-refractivity contribution in [1.29, 1.82) is 0 Å². The Hall–Kier alpha value is -0.0800. The van der Waals surface area contributed by atoms with Gasteiger partial charge in [-0.3, -0.25) is 0 Å². The molecule has 2 heteroatoms. The largest absolute Gasteiger partial charge is 0.393 e. The highest BCUT2D eigenvalue weighted by atomic mass is 16.3. The molecule has 2 nitrogen and oxygen atoms in total. The van der Waals surface area contributed by atoms with Crippen molar-refractivity contribution in [3.63, 3.8) is 0 Å². The molecule has 0 radical (unpaired) electrons. The van der Waals surface area contributed by atoms with E-state index in [4.69, 9.17) is 0 Å². The second-order valence-electron chi connectivity index (χ2n) is 8.11. The van der Waals surface area contributed by atoms with Crippen molar-refractivity contribution < 1.29 is 5.11 Å². The Balaban J connectivity index is 1.49. The molecule has 1 N–H and O–H groups in total. The third-order valence-corrected chi connectivity index (χ3v) is 6.12. The second kappa shape index (κ2) is 5.37. The van der Waals surface area contributed by atoms with Gasteiger partial charge in [0.2, 0.25) is 0 Å². The molecule has 0 spiro atoms. The summed E-state index contributed by atoms with van der Waals surface area (Å²) in [4.78, 5) is 2.44. The van der Waals surface area contributed by atoms with E-state index < -0.39 is 0 Å². The van der Waals surface area contributed by atoms with Gasteiger partial charge >= 0.3 is 0 Å². The van der Waals surface area contributed by atoms with Gasteiger partial charge in [-0.25, -0.2) is 0 Å². The van der Waals surface area contributed by atoms with E-state index in [1.54, 1.807) is 19.3 Å². The molecule has 19 heavy (non-hydrogen) atoms. The standard InChI is InChI=1S/C17H31NO/c1-13(19)3-5-18(2)6-4-17-10-14-7-15(11-17)9-16(8-14)12-17/h13-16,19H,3-12H2,1-2H3. The minimum atomic E-state index is -0.151. The van der Waals surface area contributed by atoms with Crippen molar-refractivity contribution in [1.82, 2.24) is 4.90 Å². The fraction of sp³-hybridized carbons (Fsp3) is 1.00. The number of hydrogen-bond acceptors (Lipinski definition) is 2. The molecule has 0 aromatic rings. The Morgan fingerprint density at radius 1 is 1.05 bits per heavy atom. The molecule has 0 amide bonds. The van der Waals surface area contributed by atoms with Crippen LogP contribution in [0.4, 0.5) is 0 Å². The minimum absolute atomic E-state index is 0.151. The summed E-state index contributed by atoms with van der Waals surface area (Å²) in [5.41, 5.74) is 0.716. The predicted octanol–water partition coefficient (Wildman–Crippen LogP) is 3.30. The van der Waals surface area contributed by atoms with Crippen LogP contribution in [0, 0.1) is 23.2 Å². The molecule has 0 aliphatic heterocycles. The SMILES string of the molecule is CC(O)CCN(C)CCC12CC3CC(CC(C3)C1)C2. The van der Waals surface area contributed by atoms with E-state index in [0.717, 1.165) is 30.7 Å². The summed E-state index contributed by atoms with van der Waals surface area (Å²) in [6, 6.07) is 0. The first kappa shape index (κ1) is 13.9. The number of rotatable bonds is 6. The maximum atomic E-state index is 9.37. The molecular weight excluding hydrogens is 234 g/mol. The normalized spacial score (nSPS) is 42.0. The van der Waals surface area contributed by atoms with Crippen molar-refractivity contribution >= 4 is 0 Å². The van der Waals surface area contributed by atoms with Crippen LogP contribution in [0.15, 0.2) is 0 Å². The van der Waals surface area contributed by atoms with Gasteiger partial charge in [-0.05, 0) is 95.1 Å². The van der Waals surface area contributed by atoms with E-state index in [2.05, 4.69) is 11.9 Å². The molecule has 0 aromatic carbocycles. The summed E-state index contributed by atoms with van der Waals surface area (Å²) in [5.74, 6) is 3.23. The van der Waals surface area contributed by atoms with Crippen LogP contribution in [-0.2, 0) is 0 Å². The first-order valence-electron chi connectivity index (χ1n) is 8.41. The zero-order chi connectivity index (χ0) is 13.5. The van der Waals surface area contributed by atoms with Crippen LogP contribution >= 0.6 is 0 Å². The fourth-order valence-corrected chi connectivity index (χ4v) is 5.54. The second-order valence-corrected chi connectivity index (χ2v) is 8.11. The molecule has 4 aliphatic carbocycles. The minimum Gasteiger partial charge on any atom is -0.393 e. The van der Waals surface area contributed by atoms with Gasteiger partial charge in [-0.1, -0.05) is 0 Å². The van der Waals surface area contributed by atoms with Gasteiger partial charge in [0.1, 0.15) is 0 Å². The molecule has 0 heterocycles. The van der Waals surface area contributed by atoms with E-state index >= 15 is 0 Å². The van der Waals surface area contributed by atoms with Crippen LogP contribution in [0.3, 0.4) is 0 Å². The maximum absolute atomic E-state index is 9.37. The molecule has 4 aliphatic rings. The molecule has 110 valence electrons. The van der Waals surface area contributed by atoms with E-state index in [-0.39, 0.29) is 6.10 Å². The smallest absolute Gasteiger partial charge is 0.0524 e. The van der Waals surface area contributed by atoms with Crippen LogP contribution in [0.2, 0.25) is 0 Å². The van der Waals surface area contributed by atoms with E-state index in [1.807, 2.05) is 6.92 Å². The number of aliphatic hydroxyl groups is 1. The monoisotopic (exact) mass is 265 g/mol. The quantitative estimate of drug-likeness (QED) is 0.796.